The van der Waals surface area contributed by atoms with Gasteiger partial charge in [0.15, 0.2) is 17.5 Å². The summed E-state index contributed by atoms with van der Waals surface area (Å²) in [5.74, 6) is -0.984. The first-order chi connectivity index (χ1) is 8.66. The molecule has 0 fully saturated rings. The molecule has 0 aromatic carbocycles. The van der Waals surface area contributed by atoms with Crippen LogP contribution in [0.15, 0.2) is 23.1 Å². The van der Waals surface area contributed by atoms with Crippen LogP contribution in [0.1, 0.15) is 11.4 Å². The highest BCUT2D eigenvalue weighted by molar-refractivity contribution is 7.13. The summed E-state index contributed by atoms with van der Waals surface area (Å²) in [6, 6.07) is 0. The minimum atomic E-state index is -0.984. The molecule has 2 heterocycles. The van der Waals surface area contributed by atoms with Crippen LogP contribution in [0.25, 0.3) is 0 Å². The molecule has 2 aromatic heterocycles. The van der Waals surface area contributed by atoms with Gasteiger partial charge in [-0.25, -0.2) is 9.97 Å². The lowest BCUT2D eigenvalue weighted by molar-refractivity contribution is -0.112. The Morgan fingerprint density at radius 1 is 1.67 bits per heavy atom. The van der Waals surface area contributed by atoms with Crippen molar-refractivity contribution >= 4 is 28.1 Å². The molecule has 93 valence electrons. The number of nitrogen functional groups attached to an aromatic ring is 1. The van der Waals surface area contributed by atoms with Gasteiger partial charge in [0.25, 0.3) is 5.91 Å². The molecule has 2 aromatic rings. The maximum absolute atomic E-state index is 11.1. The maximum Gasteiger partial charge on any atom is 0.294 e. The zero-order valence-electron chi connectivity index (χ0n) is 9.08. The van der Waals surface area contributed by atoms with Crippen LogP contribution in [0, 0.1) is 0 Å². The highest BCUT2D eigenvalue weighted by Crippen LogP contribution is 2.12. The molecule has 0 unspecified atom stereocenters. The molecule has 0 aliphatic heterocycles. The first-order valence-electron chi connectivity index (χ1n) is 4.81. The van der Waals surface area contributed by atoms with E-state index in [1.165, 1.54) is 6.33 Å². The van der Waals surface area contributed by atoms with Gasteiger partial charge in [0.1, 0.15) is 5.69 Å². The number of H-pyrrole nitrogens is 1. The Kier molecular flexibility index (Phi) is 3.53. The lowest BCUT2D eigenvalue weighted by atomic mass is 10.3. The summed E-state index contributed by atoms with van der Waals surface area (Å²) < 4.78 is 0. The fraction of sp³-hybridized carbons (Fsp3) is 0.111. The van der Waals surface area contributed by atoms with Crippen LogP contribution < -0.4 is 11.5 Å². The summed E-state index contributed by atoms with van der Waals surface area (Å²) in [6.45, 7) is 0.0971. The summed E-state index contributed by atoms with van der Waals surface area (Å²) in [4.78, 5) is 26.6. The topological polar surface area (TPSA) is 130 Å². The number of nitrogens with two attached hydrogens (primary N) is 1. The lowest BCUT2D eigenvalue weighted by Gasteiger charge is -1.98. The van der Waals surface area contributed by atoms with Gasteiger partial charge in [-0.15, -0.1) is 11.3 Å². The smallest absolute Gasteiger partial charge is 0.294 e. The second-order valence-electron chi connectivity index (χ2n) is 3.17. The van der Waals surface area contributed by atoms with Crippen LogP contribution >= 0.6 is 11.3 Å². The molecule has 0 saturated heterocycles. The van der Waals surface area contributed by atoms with E-state index < -0.39 is 5.91 Å². The predicted octanol–water partition coefficient (Wildman–Crippen LogP) is 0.179. The number of imidazole rings is 1. The largest absolute Gasteiger partial charge is 0.388 e. The molecule has 2 rings (SSSR count). The molecule has 0 aliphatic rings. The zero-order chi connectivity index (χ0) is 13.0. The van der Waals surface area contributed by atoms with Gasteiger partial charge in [-0.2, -0.15) is 0 Å². The number of thiazole rings is 1. The van der Waals surface area contributed by atoms with Crippen LogP contribution in [-0.4, -0.2) is 26.6 Å². The van der Waals surface area contributed by atoms with Crippen molar-refractivity contribution in [1.82, 2.24) is 20.7 Å². The molecular weight excluding hydrogens is 256 g/mol. The number of rotatable bonds is 5. The Balaban J connectivity index is 2.08. The SMILES string of the molecule is [NH]C(=O)/C(=N/OCc1c[nH]cn1)c1csc(N)n1. The predicted molar refractivity (Wildman–Crippen MR) is 64.5 cm³/mol. The minimum Gasteiger partial charge on any atom is -0.388 e. The number of oxime groups is 1. The van der Waals surface area contributed by atoms with Crippen LogP contribution in [0.3, 0.4) is 0 Å². The van der Waals surface area contributed by atoms with Gasteiger partial charge in [-0.3, -0.25) is 10.5 Å². The van der Waals surface area contributed by atoms with Crippen molar-refractivity contribution in [3.63, 3.8) is 0 Å². The number of amides is 1. The van der Waals surface area contributed by atoms with Crippen molar-refractivity contribution in [1.29, 1.82) is 0 Å². The molecule has 0 aliphatic carbocycles. The summed E-state index contributed by atoms with van der Waals surface area (Å²) in [7, 11) is 0. The van der Waals surface area contributed by atoms with Gasteiger partial charge < -0.3 is 15.6 Å². The lowest BCUT2D eigenvalue weighted by Crippen LogP contribution is -2.17. The summed E-state index contributed by atoms with van der Waals surface area (Å²) in [6.07, 6.45) is 3.14. The van der Waals surface area contributed by atoms with Gasteiger partial charge >= 0.3 is 0 Å². The Morgan fingerprint density at radius 3 is 3.06 bits per heavy atom. The molecule has 1 radical (unpaired) electrons. The first-order valence-corrected chi connectivity index (χ1v) is 5.69. The summed E-state index contributed by atoms with van der Waals surface area (Å²) >= 11 is 1.16. The summed E-state index contributed by atoms with van der Waals surface area (Å²) in [5.41, 5.74) is 13.2. The number of nitrogens with zero attached hydrogens (tertiary/aromatic N) is 3. The van der Waals surface area contributed by atoms with E-state index in [2.05, 4.69) is 20.1 Å². The number of carbonyl (C=O) groups excluding carboxylic acids is 1. The molecule has 0 saturated carbocycles. The van der Waals surface area contributed by atoms with Gasteiger partial charge in [0, 0.05) is 11.6 Å². The molecule has 4 N–H and O–H groups in total. The number of aromatic amines is 1. The minimum absolute atomic E-state index is 0.0971. The molecule has 18 heavy (non-hydrogen) atoms. The number of carbonyl (C=O) groups is 1. The van der Waals surface area contributed by atoms with Crippen LogP contribution in [0.5, 0.6) is 0 Å². The van der Waals surface area contributed by atoms with E-state index in [1.54, 1.807) is 11.6 Å². The third kappa shape index (κ3) is 2.83. The van der Waals surface area contributed by atoms with E-state index in [9.17, 15) is 4.79 Å². The molecule has 0 bridgehead atoms. The summed E-state index contributed by atoms with van der Waals surface area (Å²) in [5, 5.41) is 5.43. The molecule has 0 atom stereocenters. The van der Waals surface area contributed by atoms with Crippen molar-refractivity contribution < 1.29 is 9.63 Å². The van der Waals surface area contributed by atoms with Crippen molar-refractivity contribution in [2.45, 2.75) is 6.61 Å². The van der Waals surface area contributed by atoms with Crippen molar-refractivity contribution in [2.75, 3.05) is 5.73 Å². The number of aromatic nitrogens is 3. The third-order valence-corrected chi connectivity index (χ3v) is 2.58. The standard InChI is InChI=1S/C9H9N6O2S/c10-8(16)7(6-3-18-9(11)14-6)15-17-2-5-1-12-4-13-5/h1,3-4,10H,2H2,(H2,11,14)(H,12,13)/b15-7+. The van der Waals surface area contributed by atoms with E-state index in [0.29, 0.717) is 10.8 Å². The van der Waals surface area contributed by atoms with Crippen LogP contribution in [0.4, 0.5) is 5.13 Å². The van der Waals surface area contributed by atoms with E-state index in [-0.39, 0.29) is 18.0 Å². The van der Waals surface area contributed by atoms with E-state index in [0.717, 1.165) is 11.3 Å². The fourth-order valence-electron chi connectivity index (χ4n) is 1.13. The quantitative estimate of drug-likeness (QED) is 0.588. The highest BCUT2D eigenvalue weighted by Gasteiger charge is 2.15. The van der Waals surface area contributed by atoms with Gasteiger partial charge in [-0.05, 0) is 0 Å². The molecule has 1 amide bonds. The first kappa shape index (κ1) is 12.0. The van der Waals surface area contributed by atoms with E-state index >= 15 is 0 Å². The Hall–Kier alpha value is -2.42. The normalized spacial score (nSPS) is 11.4. The average Bonchev–Trinajstić information content (AvgIpc) is 2.95. The number of anilines is 1. The van der Waals surface area contributed by atoms with Gasteiger partial charge in [0.05, 0.1) is 12.0 Å². The molecule has 0 spiro atoms. The van der Waals surface area contributed by atoms with E-state index in [1.807, 2.05) is 0 Å². The maximum atomic E-state index is 11.1. The Labute approximate surface area is 106 Å². The second kappa shape index (κ2) is 5.27. The number of hydrogen-bond donors (Lipinski definition) is 2. The van der Waals surface area contributed by atoms with Crippen LogP contribution in [-0.2, 0) is 16.2 Å². The van der Waals surface area contributed by atoms with E-state index in [4.69, 9.17) is 16.3 Å². The fourth-order valence-corrected chi connectivity index (χ4v) is 1.68. The number of nitrogens with one attached hydrogen (secondary N) is 2. The number of hydrogen-bond acceptors (Lipinski definition) is 7. The Morgan fingerprint density at radius 2 is 2.50 bits per heavy atom. The average molecular weight is 265 g/mol. The van der Waals surface area contributed by atoms with Crippen molar-refractivity contribution in [3.8, 4) is 0 Å². The molecule has 8 nitrogen and oxygen atoms in total. The van der Waals surface area contributed by atoms with Crippen molar-refractivity contribution in [2.24, 2.45) is 5.16 Å². The molecule has 9 heteroatoms. The second-order valence-corrected chi connectivity index (χ2v) is 4.06. The Bertz CT molecular complexity index is 561. The van der Waals surface area contributed by atoms with Crippen molar-refractivity contribution in [3.05, 3.63) is 29.3 Å². The zero-order valence-corrected chi connectivity index (χ0v) is 9.90. The third-order valence-electron chi connectivity index (χ3n) is 1.90. The van der Waals surface area contributed by atoms with Gasteiger partial charge in [0.2, 0.25) is 0 Å². The van der Waals surface area contributed by atoms with Crippen LogP contribution in [0.2, 0.25) is 0 Å². The molecular formula is C9H9N6O2S. The van der Waals surface area contributed by atoms with Gasteiger partial charge in [-0.1, -0.05) is 5.16 Å². The highest BCUT2D eigenvalue weighted by atomic mass is 32.1. The monoisotopic (exact) mass is 265 g/mol.